The highest BCUT2D eigenvalue weighted by molar-refractivity contribution is 6.33. The minimum Gasteiger partial charge on any atom is -0.379 e. The maximum absolute atomic E-state index is 13.8. The Morgan fingerprint density at radius 2 is 2.05 bits per heavy atom. The van der Waals surface area contributed by atoms with Crippen LogP contribution in [0.1, 0.15) is 55.7 Å². The Hall–Kier alpha value is -3.09. The van der Waals surface area contributed by atoms with Gasteiger partial charge in [0.25, 0.3) is 5.91 Å². The molecule has 2 aliphatic rings. The Labute approximate surface area is 235 Å². The molecule has 9 nitrogen and oxygen atoms in total. The second-order valence-corrected chi connectivity index (χ2v) is 10.7. The number of carbonyl (C=O) groups is 2. The summed E-state index contributed by atoms with van der Waals surface area (Å²) in [5, 5.41) is 15.2. The van der Waals surface area contributed by atoms with Gasteiger partial charge < -0.3 is 20.7 Å². The zero-order chi connectivity index (χ0) is 28.9. The molecular formula is C27H35ClF3N6O3+. The molecule has 0 radical (unpaired) electrons. The van der Waals surface area contributed by atoms with Crippen molar-refractivity contribution < 1.29 is 32.8 Å². The van der Waals surface area contributed by atoms with Gasteiger partial charge in [0.2, 0.25) is 5.91 Å². The maximum Gasteiger partial charge on any atom is 0.416 e. The first-order valence-corrected chi connectivity index (χ1v) is 13.9. The number of nitrogens with one attached hydrogen (secondary N) is 3. The van der Waals surface area contributed by atoms with Crippen molar-refractivity contribution in [2.45, 2.75) is 45.7 Å². The molecule has 218 valence electrons. The number of H-pyrrole nitrogens is 1. The number of ether oxygens (including phenoxy) is 1. The van der Waals surface area contributed by atoms with Gasteiger partial charge in [0.05, 0.1) is 49.1 Å². The monoisotopic (exact) mass is 583 g/mol. The molecule has 13 heteroatoms. The number of carbonyl (C=O) groups excluding carboxylic acids is 2. The topological polar surface area (TPSA) is 118 Å². The Morgan fingerprint density at radius 3 is 2.70 bits per heavy atom. The van der Waals surface area contributed by atoms with Crippen LogP contribution in [0.3, 0.4) is 0 Å². The summed E-state index contributed by atoms with van der Waals surface area (Å²) >= 11 is 6.00. The van der Waals surface area contributed by atoms with E-state index in [1.807, 2.05) is 19.9 Å². The SMILES string of the molecule is CC(C)/C(NCC(=O)Nc1ccc(C(F)(F)F)cc1Cl)=C(/C(=O)n1nc(C2=CCOCC2)[nH]1)C1CCC[NH2+]CC1. The standard InChI is InChI=1S/C27H34ClF3N6O3/c1-16(2)24(33-15-22(38)34-21-6-5-19(14-20(21)28)27(29,30)31)23(17-4-3-10-32-11-7-17)26(39)37-35-25(36-37)18-8-12-40-13-9-18/h5-6,8,14,16-17,32-33H,3-4,7,9-13,15H2,1-2H3,(H,34,38)(H,35,36)/p+1/b24-23-. The second kappa shape index (κ2) is 13.0. The van der Waals surface area contributed by atoms with E-state index in [-0.39, 0.29) is 35.0 Å². The van der Waals surface area contributed by atoms with E-state index < -0.39 is 17.6 Å². The minimum atomic E-state index is -4.54. The maximum atomic E-state index is 13.8. The average molecular weight is 584 g/mol. The molecule has 3 heterocycles. The largest absolute Gasteiger partial charge is 0.416 e. The van der Waals surface area contributed by atoms with E-state index >= 15 is 0 Å². The Bertz CT molecular complexity index is 1260. The number of aromatic nitrogens is 3. The third kappa shape index (κ3) is 7.35. The zero-order valence-electron chi connectivity index (χ0n) is 22.5. The van der Waals surface area contributed by atoms with Gasteiger partial charge in [-0.05, 0) is 54.9 Å². The number of benzene rings is 1. The molecule has 2 aliphatic heterocycles. The van der Waals surface area contributed by atoms with Gasteiger partial charge in [-0.3, -0.25) is 14.7 Å². The molecule has 0 spiro atoms. The Balaban J connectivity index is 1.54. The number of nitrogens with zero attached hydrogens (tertiary/aromatic N) is 2. The first-order chi connectivity index (χ1) is 19.0. The molecular weight excluding hydrogens is 549 g/mol. The third-order valence-corrected chi connectivity index (χ3v) is 7.38. The van der Waals surface area contributed by atoms with Gasteiger partial charge in [-0.1, -0.05) is 31.5 Å². The number of halogens is 4. The van der Waals surface area contributed by atoms with Crippen LogP contribution in [-0.2, 0) is 15.7 Å². The number of alkyl halides is 3. The fourth-order valence-electron chi connectivity index (χ4n) is 4.98. The van der Waals surface area contributed by atoms with Crippen LogP contribution in [0.25, 0.3) is 5.57 Å². The van der Waals surface area contributed by atoms with Gasteiger partial charge in [0.1, 0.15) is 0 Å². The summed E-state index contributed by atoms with van der Waals surface area (Å²) in [7, 11) is 0. The predicted octanol–water partition coefficient (Wildman–Crippen LogP) is 3.83. The minimum absolute atomic E-state index is 0.0214. The molecule has 4 rings (SSSR count). The quantitative estimate of drug-likeness (QED) is 0.352. The molecule has 1 atom stereocenters. The van der Waals surface area contributed by atoms with Crippen molar-refractivity contribution in [3.63, 3.8) is 0 Å². The summed E-state index contributed by atoms with van der Waals surface area (Å²) in [5.41, 5.74) is 1.40. The lowest BCUT2D eigenvalue weighted by Crippen LogP contribution is -2.83. The lowest BCUT2D eigenvalue weighted by Gasteiger charge is -2.26. The fourth-order valence-corrected chi connectivity index (χ4v) is 5.21. The molecule has 0 bridgehead atoms. The third-order valence-electron chi connectivity index (χ3n) is 7.07. The van der Waals surface area contributed by atoms with E-state index in [1.165, 1.54) is 4.80 Å². The number of quaternary nitrogens is 1. The lowest BCUT2D eigenvalue weighted by molar-refractivity contribution is -0.653. The van der Waals surface area contributed by atoms with Crippen molar-refractivity contribution in [3.05, 3.63) is 52.0 Å². The molecule has 2 aromatic rings. The number of nitrogens with two attached hydrogens (primary N) is 1. The second-order valence-electron chi connectivity index (χ2n) is 10.3. The van der Waals surface area contributed by atoms with Gasteiger partial charge in [-0.2, -0.15) is 13.2 Å². The van der Waals surface area contributed by atoms with Crippen molar-refractivity contribution in [2.75, 3.05) is 38.2 Å². The molecule has 1 aromatic carbocycles. The molecule has 1 aromatic heterocycles. The average Bonchev–Trinajstić information content (AvgIpc) is 3.16. The number of anilines is 1. The summed E-state index contributed by atoms with van der Waals surface area (Å²) in [6.45, 7) is 6.66. The van der Waals surface area contributed by atoms with Crippen LogP contribution in [0.15, 0.2) is 35.5 Å². The Morgan fingerprint density at radius 1 is 1.27 bits per heavy atom. The number of aromatic amines is 1. The molecule has 1 fully saturated rings. The molecule has 1 amide bonds. The van der Waals surface area contributed by atoms with Crippen LogP contribution >= 0.6 is 11.6 Å². The van der Waals surface area contributed by atoms with E-state index in [2.05, 4.69) is 26.1 Å². The van der Waals surface area contributed by atoms with Crippen LogP contribution in [0, 0.1) is 11.8 Å². The predicted molar refractivity (Wildman–Crippen MR) is 145 cm³/mol. The summed E-state index contributed by atoms with van der Waals surface area (Å²) in [4.78, 5) is 27.8. The van der Waals surface area contributed by atoms with Crippen LogP contribution in [-0.4, -0.2) is 59.7 Å². The molecule has 0 aliphatic carbocycles. The van der Waals surface area contributed by atoms with Crippen molar-refractivity contribution in [2.24, 2.45) is 11.8 Å². The van der Waals surface area contributed by atoms with Crippen molar-refractivity contribution in [1.29, 1.82) is 0 Å². The van der Waals surface area contributed by atoms with E-state index in [0.29, 0.717) is 36.7 Å². The van der Waals surface area contributed by atoms with E-state index in [9.17, 15) is 22.8 Å². The lowest BCUT2D eigenvalue weighted by atomic mass is 9.87. The highest BCUT2D eigenvalue weighted by Crippen LogP contribution is 2.34. The van der Waals surface area contributed by atoms with Gasteiger partial charge in [-0.15, -0.1) is 9.90 Å². The number of amides is 1. The molecule has 1 unspecified atom stereocenters. The van der Waals surface area contributed by atoms with Gasteiger partial charge >= 0.3 is 6.18 Å². The number of allylic oxidation sites excluding steroid dienone is 2. The van der Waals surface area contributed by atoms with Crippen LogP contribution < -0.4 is 16.0 Å². The van der Waals surface area contributed by atoms with Crippen molar-refractivity contribution in [1.82, 2.24) is 20.3 Å². The Kier molecular flexibility index (Phi) is 9.75. The molecule has 1 saturated heterocycles. The summed E-state index contributed by atoms with van der Waals surface area (Å²) in [6, 6.07) is 2.76. The van der Waals surface area contributed by atoms with Crippen LogP contribution in [0.5, 0.6) is 0 Å². The van der Waals surface area contributed by atoms with Crippen molar-refractivity contribution in [3.8, 4) is 0 Å². The van der Waals surface area contributed by atoms with Crippen molar-refractivity contribution >= 4 is 34.7 Å². The number of hydrogen-bond acceptors (Lipinski definition) is 5. The van der Waals surface area contributed by atoms with Crippen LogP contribution in [0.4, 0.5) is 18.9 Å². The fraction of sp³-hybridized carbons (Fsp3) is 0.519. The summed E-state index contributed by atoms with van der Waals surface area (Å²) < 4.78 is 44.2. The first kappa shape index (κ1) is 29.9. The number of hydrogen-bond donors (Lipinski definition) is 4. The highest BCUT2D eigenvalue weighted by atomic mass is 35.5. The van der Waals surface area contributed by atoms with E-state index in [0.717, 1.165) is 56.1 Å². The smallest absolute Gasteiger partial charge is 0.379 e. The first-order valence-electron chi connectivity index (χ1n) is 13.5. The molecule has 40 heavy (non-hydrogen) atoms. The van der Waals surface area contributed by atoms with Gasteiger partial charge in [-0.25, -0.2) is 0 Å². The van der Waals surface area contributed by atoms with Gasteiger partial charge in [0.15, 0.2) is 5.82 Å². The molecule has 5 N–H and O–H groups in total. The van der Waals surface area contributed by atoms with E-state index in [1.54, 1.807) is 0 Å². The zero-order valence-corrected chi connectivity index (χ0v) is 23.3. The molecule has 0 saturated carbocycles. The van der Waals surface area contributed by atoms with Gasteiger partial charge in [0, 0.05) is 17.7 Å². The normalized spacial score (nSPS) is 19.1. The highest BCUT2D eigenvalue weighted by Gasteiger charge is 2.32. The van der Waals surface area contributed by atoms with E-state index in [4.69, 9.17) is 16.3 Å². The van der Waals surface area contributed by atoms with Crippen LogP contribution in [0.2, 0.25) is 5.02 Å². The summed E-state index contributed by atoms with van der Waals surface area (Å²) in [6.07, 6.45) is 0.703. The summed E-state index contributed by atoms with van der Waals surface area (Å²) in [5.74, 6) is -0.263. The number of rotatable bonds is 8.